The van der Waals surface area contributed by atoms with Crippen molar-refractivity contribution in [3.63, 3.8) is 0 Å². The minimum Gasteiger partial charge on any atom is -0.497 e. The molecular formula is C21H29N3O4. The Morgan fingerprint density at radius 1 is 1.07 bits per heavy atom. The normalized spacial score (nSPS) is 17.1. The quantitative estimate of drug-likeness (QED) is 0.777. The fourth-order valence-corrected chi connectivity index (χ4v) is 3.59. The van der Waals surface area contributed by atoms with Crippen LogP contribution in [0.15, 0.2) is 24.3 Å². The summed E-state index contributed by atoms with van der Waals surface area (Å²) in [7, 11) is 1.59. The second kappa shape index (κ2) is 9.08. The molecule has 1 saturated carbocycles. The number of carbonyl (C=O) groups excluding carboxylic acids is 3. The summed E-state index contributed by atoms with van der Waals surface area (Å²) in [5.41, 5.74) is 0.668. The number of anilines is 1. The highest BCUT2D eigenvalue weighted by molar-refractivity contribution is 5.95. The maximum Gasteiger partial charge on any atom is 0.243 e. The molecule has 0 atom stereocenters. The number of piperidine rings is 1. The lowest BCUT2D eigenvalue weighted by molar-refractivity contribution is -0.142. The zero-order chi connectivity index (χ0) is 20.1. The Morgan fingerprint density at radius 3 is 2.25 bits per heavy atom. The largest absolute Gasteiger partial charge is 0.497 e. The van der Waals surface area contributed by atoms with Gasteiger partial charge in [-0.1, -0.05) is 0 Å². The van der Waals surface area contributed by atoms with Crippen molar-refractivity contribution < 1.29 is 19.1 Å². The van der Waals surface area contributed by atoms with Gasteiger partial charge in [-0.25, -0.2) is 0 Å². The lowest BCUT2D eigenvalue weighted by Crippen LogP contribution is -2.46. The summed E-state index contributed by atoms with van der Waals surface area (Å²) in [4.78, 5) is 40.9. The Balaban J connectivity index is 1.48. The van der Waals surface area contributed by atoms with Crippen molar-refractivity contribution in [1.82, 2.24) is 9.80 Å². The number of methoxy groups -OCH3 is 1. The van der Waals surface area contributed by atoms with Crippen LogP contribution >= 0.6 is 0 Å². The molecule has 2 fully saturated rings. The number of hydrogen-bond donors (Lipinski definition) is 1. The van der Waals surface area contributed by atoms with Crippen molar-refractivity contribution in [1.29, 1.82) is 0 Å². The molecule has 152 valence electrons. The number of carbonyl (C=O) groups is 3. The zero-order valence-electron chi connectivity index (χ0n) is 16.6. The summed E-state index contributed by atoms with van der Waals surface area (Å²) in [6.45, 7) is 3.67. The predicted molar refractivity (Wildman–Crippen MR) is 106 cm³/mol. The number of ether oxygens (including phenoxy) is 1. The van der Waals surface area contributed by atoms with Crippen LogP contribution in [0.5, 0.6) is 5.75 Å². The smallest absolute Gasteiger partial charge is 0.243 e. The number of amides is 3. The molecule has 2 aliphatic rings. The second-order valence-corrected chi connectivity index (χ2v) is 7.50. The Kier molecular flexibility index (Phi) is 6.54. The highest BCUT2D eigenvalue weighted by Gasteiger charge is 2.36. The van der Waals surface area contributed by atoms with E-state index in [-0.39, 0.29) is 36.1 Å². The van der Waals surface area contributed by atoms with E-state index in [1.165, 1.54) is 0 Å². The summed E-state index contributed by atoms with van der Waals surface area (Å²) in [5, 5.41) is 2.82. The molecule has 0 spiro atoms. The third-order valence-electron chi connectivity index (χ3n) is 5.48. The first-order valence-corrected chi connectivity index (χ1v) is 10.0. The van der Waals surface area contributed by atoms with Crippen LogP contribution < -0.4 is 10.1 Å². The minimum absolute atomic E-state index is 0.00546. The molecule has 3 amide bonds. The number of likely N-dealkylation sites (N-methyl/N-ethyl adjacent to an activating group) is 1. The van der Waals surface area contributed by atoms with E-state index in [0.29, 0.717) is 38.2 Å². The molecule has 1 aromatic carbocycles. The van der Waals surface area contributed by atoms with E-state index in [2.05, 4.69) is 5.32 Å². The first kappa shape index (κ1) is 20.2. The van der Waals surface area contributed by atoms with Crippen LogP contribution in [0, 0.1) is 11.8 Å². The van der Waals surface area contributed by atoms with Gasteiger partial charge >= 0.3 is 0 Å². The van der Waals surface area contributed by atoms with Crippen molar-refractivity contribution in [2.24, 2.45) is 11.8 Å². The Bertz CT molecular complexity index is 707. The second-order valence-electron chi connectivity index (χ2n) is 7.50. The molecule has 1 aliphatic carbocycles. The lowest BCUT2D eigenvalue weighted by Gasteiger charge is -2.34. The molecule has 0 unspecified atom stereocenters. The van der Waals surface area contributed by atoms with Gasteiger partial charge in [0.1, 0.15) is 5.75 Å². The van der Waals surface area contributed by atoms with E-state index in [4.69, 9.17) is 4.74 Å². The third-order valence-corrected chi connectivity index (χ3v) is 5.48. The number of hydrogen-bond acceptors (Lipinski definition) is 4. The van der Waals surface area contributed by atoms with E-state index >= 15 is 0 Å². The number of nitrogens with zero attached hydrogens (tertiary/aromatic N) is 2. The van der Waals surface area contributed by atoms with Gasteiger partial charge in [-0.05, 0) is 56.9 Å². The van der Waals surface area contributed by atoms with Gasteiger partial charge in [0.05, 0.1) is 13.7 Å². The molecule has 7 heteroatoms. The minimum atomic E-state index is -0.221. The van der Waals surface area contributed by atoms with Gasteiger partial charge in [-0.3, -0.25) is 14.4 Å². The van der Waals surface area contributed by atoms with Crippen LogP contribution in [-0.4, -0.2) is 60.8 Å². The SMILES string of the molecule is CCN(CC(=O)Nc1ccc(OC)cc1)C(=O)C1CCN(C(=O)C2CC2)CC1. The highest BCUT2D eigenvalue weighted by atomic mass is 16.5. The number of benzene rings is 1. The maximum absolute atomic E-state index is 12.8. The number of nitrogens with one attached hydrogen (secondary N) is 1. The monoisotopic (exact) mass is 387 g/mol. The highest BCUT2D eigenvalue weighted by Crippen LogP contribution is 2.32. The van der Waals surface area contributed by atoms with Gasteiger partial charge in [0.15, 0.2) is 0 Å². The standard InChI is InChI=1S/C21H29N3O4/c1-3-23(14-19(25)22-17-6-8-18(28-2)9-7-17)20(26)16-10-12-24(13-11-16)21(27)15-4-5-15/h6-9,15-16H,3-5,10-14H2,1-2H3,(H,22,25). The molecule has 1 aliphatic heterocycles. The molecule has 0 bridgehead atoms. The molecule has 7 nitrogen and oxygen atoms in total. The van der Waals surface area contributed by atoms with Crippen molar-refractivity contribution in [2.45, 2.75) is 32.6 Å². The fourth-order valence-electron chi connectivity index (χ4n) is 3.59. The molecule has 1 N–H and O–H groups in total. The van der Waals surface area contributed by atoms with Crippen LogP contribution in [0.25, 0.3) is 0 Å². The lowest BCUT2D eigenvalue weighted by atomic mass is 9.95. The van der Waals surface area contributed by atoms with Crippen LogP contribution in [-0.2, 0) is 14.4 Å². The maximum atomic E-state index is 12.8. The van der Waals surface area contributed by atoms with Gasteiger partial charge in [0, 0.05) is 37.2 Å². The number of likely N-dealkylation sites (tertiary alicyclic amines) is 1. The van der Waals surface area contributed by atoms with Gasteiger partial charge in [0.25, 0.3) is 0 Å². The molecule has 0 aromatic heterocycles. The summed E-state index contributed by atoms with van der Waals surface area (Å²) in [6.07, 6.45) is 3.36. The van der Waals surface area contributed by atoms with Crippen LogP contribution in [0.2, 0.25) is 0 Å². The summed E-state index contributed by atoms with van der Waals surface area (Å²) in [5.74, 6) is 0.859. The Morgan fingerprint density at radius 2 is 1.71 bits per heavy atom. The van der Waals surface area contributed by atoms with Gasteiger partial charge in [0.2, 0.25) is 17.7 Å². The summed E-state index contributed by atoms with van der Waals surface area (Å²) in [6, 6.07) is 7.08. The van der Waals surface area contributed by atoms with Crippen LogP contribution in [0.3, 0.4) is 0 Å². The van der Waals surface area contributed by atoms with E-state index in [0.717, 1.165) is 18.6 Å². The Labute approximate surface area is 166 Å². The number of rotatable bonds is 7. The van der Waals surface area contributed by atoms with Gasteiger partial charge < -0.3 is 19.9 Å². The topological polar surface area (TPSA) is 79.0 Å². The van der Waals surface area contributed by atoms with Gasteiger partial charge in [-0.15, -0.1) is 0 Å². The Hall–Kier alpha value is -2.57. The zero-order valence-corrected chi connectivity index (χ0v) is 16.6. The summed E-state index contributed by atoms with van der Waals surface area (Å²) < 4.78 is 5.10. The van der Waals surface area contributed by atoms with Crippen molar-refractivity contribution >= 4 is 23.4 Å². The molecule has 28 heavy (non-hydrogen) atoms. The van der Waals surface area contributed by atoms with Crippen LogP contribution in [0.4, 0.5) is 5.69 Å². The predicted octanol–water partition coefficient (Wildman–Crippen LogP) is 2.13. The van der Waals surface area contributed by atoms with E-state index in [1.54, 1.807) is 36.3 Å². The summed E-state index contributed by atoms with van der Waals surface area (Å²) >= 11 is 0. The molecule has 1 heterocycles. The molecule has 1 aromatic rings. The van der Waals surface area contributed by atoms with E-state index < -0.39 is 0 Å². The first-order chi connectivity index (χ1) is 13.5. The van der Waals surface area contributed by atoms with Crippen molar-refractivity contribution in [2.75, 3.05) is 38.6 Å². The average molecular weight is 387 g/mol. The molecule has 3 rings (SSSR count). The molecular weight excluding hydrogens is 358 g/mol. The fraction of sp³-hybridized carbons (Fsp3) is 0.571. The first-order valence-electron chi connectivity index (χ1n) is 10.0. The van der Waals surface area contributed by atoms with Crippen LogP contribution in [0.1, 0.15) is 32.6 Å². The van der Waals surface area contributed by atoms with Crippen molar-refractivity contribution in [3.05, 3.63) is 24.3 Å². The molecule has 0 radical (unpaired) electrons. The molecule has 1 saturated heterocycles. The van der Waals surface area contributed by atoms with E-state index in [1.807, 2.05) is 11.8 Å². The average Bonchev–Trinajstić information content (AvgIpc) is 3.57. The van der Waals surface area contributed by atoms with E-state index in [9.17, 15) is 14.4 Å². The van der Waals surface area contributed by atoms with Gasteiger partial charge in [-0.2, -0.15) is 0 Å². The third kappa shape index (κ3) is 5.03. The van der Waals surface area contributed by atoms with Crippen molar-refractivity contribution in [3.8, 4) is 5.75 Å².